The lowest BCUT2D eigenvalue weighted by atomic mass is 9.91. The number of halogens is 2. The molecule has 0 bridgehead atoms. The van der Waals surface area contributed by atoms with Gasteiger partial charge in [-0.3, -0.25) is 9.59 Å². The summed E-state index contributed by atoms with van der Waals surface area (Å²) in [7, 11) is 0. The van der Waals surface area contributed by atoms with E-state index in [1.165, 1.54) is 0 Å². The molecular formula is C13H15BrClNO2. The molecule has 1 rings (SSSR count). The summed E-state index contributed by atoms with van der Waals surface area (Å²) in [6, 6.07) is 4.87. The van der Waals surface area contributed by atoms with Gasteiger partial charge in [-0.1, -0.05) is 32.4 Å². The second-order valence-corrected chi connectivity index (χ2v) is 6.25. The molecule has 18 heavy (non-hydrogen) atoms. The van der Waals surface area contributed by atoms with Crippen LogP contribution >= 0.6 is 27.5 Å². The summed E-state index contributed by atoms with van der Waals surface area (Å²) in [6.45, 7) is 5.49. The van der Waals surface area contributed by atoms with Crippen LogP contribution in [0.5, 0.6) is 0 Å². The van der Waals surface area contributed by atoms with Crippen molar-refractivity contribution in [3.8, 4) is 0 Å². The van der Waals surface area contributed by atoms with Crippen LogP contribution in [-0.2, 0) is 4.79 Å². The fraction of sp³-hybridized carbons (Fsp3) is 0.385. The van der Waals surface area contributed by atoms with Gasteiger partial charge in [-0.2, -0.15) is 0 Å². The molecule has 1 aromatic carbocycles. The lowest BCUT2D eigenvalue weighted by molar-refractivity contribution is -0.125. The lowest BCUT2D eigenvalue weighted by Crippen LogP contribution is -2.35. The number of hydrogen-bond donors (Lipinski definition) is 1. The molecule has 0 aliphatic rings. The van der Waals surface area contributed by atoms with Crippen LogP contribution in [0.1, 0.15) is 31.1 Å². The average Bonchev–Trinajstić information content (AvgIpc) is 2.27. The third-order valence-electron chi connectivity index (χ3n) is 2.43. The first-order valence-electron chi connectivity index (χ1n) is 5.48. The molecule has 0 unspecified atom stereocenters. The number of ketones is 1. The molecule has 1 aromatic rings. The molecule has 1 amide bonds. The fourth-order valence-electron chi connectivity index (χ4n) is 1.17. The van der Waals surface area contributed by atoms with Crippen LogP contribution in [0.25, 0.3) is 0 Å². The van der Waals surface area contributed by atoms with E-state index in [4.69, 9.17) is 11.6 Å². The molecule has 0 aliphatic carbocycles. The molecule has 5 heteroatoms. The summed E-state index contributed by atoms with van der Waals surface area (Å²) in [5.74, 6) is -0.297. The van der Waals surface area contributed by atoms with Crippen LogP contribution in [-0.4, -0.2) is 18.2 Å². The summed E-state index contributed by atoms with van der Waals surface area (Å²) < 4.78 is 0.652. The van der Waals surface area contributed by atoms with Gasteiger partial charge in [0, 0.05) is 15.5 Å². The molecule has 1 N–H and O–H groups in total. The van der Waals surface area contributed by atoms with Gasteiger partial charge in [-0.05, 0) is 34.1 Å². The quantitative estimate of drug-likeness (QED) is 0.921. The highest BCUT2D eigenvalue weighted by molar-refractivity contribution is 9.10. The number of hydrogen-bond acceptors (Lipinski definition) is 2. The zero-order chi connectivity index (χ0) is 13.9. The maximum Gasteiger partial charge on any atom is 0.251 e. The van der Waals surface area contributed by atoms with E-state index in [1.807, 2.05) is 20.8 Å². The summed E-state index contributed by atoms with van der Waals surface area (Å²) >= 11 is 9.09. The van der Waals surface area contributed by atoms with Crippen molar-refractivity contribution in [1.82, 2.24) is 5.32 Å². The SMILES string of the molecule is CC(C)(C)C(=O)CNC(=O)c1ccc(Cl)c(Br)c1. The number of benzene rings is 1. The van der Waals surface area contributed by atoms with Gasteiger partial charge in [0.15, 0.2) is 5.78 Å². The zero-order valence-electron chi connectivity index (χ0n) is 10.5. The monoisotopic (exact) mass is 331 g/mol. The largest absolute Gasteiger partial charge is 0.345 e. The third kappa shape index (κ3) is 4.10. The van der Waals surface area contributed by atoms with Crippen LogP contribution in [0.4, 0.5) is 0 Å². The minimum atomic E-state index is -0.451. The normalized spacial score (nSPS) is 11.2. The van der Waals surface area contributed by atoms with Crippen molar-refractivity contribution < 1.29 is 9.59 Å². The van der Waals surface area contributed by atoms with Gasteiger partial charge in [0.25, 0.3) is 5.91 Å². The standard InChI is InChI=1S/C13H15BrClNO2/c1-13(2,3)11(17)7-16-12(18)8-4-5-10(15)9(14)6-8/h4-6H,7H2,1-3H3,(H,16,18). The number of amides is 1. The Hall–Kier alpha value is -0.870. The smallest absolute Gasteiger partial charge is 0.251 e. The van der Waals surface area contributed by atoms with Crippen molar-refractivity contribution in [2.24, 2.45) is 5.41 Å². The maximum atomic E-state index is 11.8. The second-order valence-electron chi connectivity index (χ2n) is 4.98. The van der Waals surface area contributed by atoms with Gasteiger partial charge >= 0.3 is 0 Å². The fourth-order valence-corrected chi connectivity index (χ4v) is 1.66. The minimum Gasteiger partial charge on any atom is -0.345 e. The number of rotatable bonds is 3. The molecule has 0 radical (unpaired) electrons. The van der Waals surface area contributed by atoms with E-state index < -0.39 is 5.41 Å². The second kappa shape index (κ2) is 5.85. The average molecular weight is 333 g/mol. The van der Waals surface area contributed by atoms with Crippen LogP contribution in [0.2, 0.25) is 5.02 Å². The van der Waals surface area contributed by atoms with Gasteiger partial charge in [0.1, 0.15) is 0 Å². The molecule has 0 spiro atoms. The van der Waals surface area contributed by atoms with Crippen molar-refractivity contribution in [1.29, 1.82) is 0 Å². The van der Waals surface area contributed by atoms with E-state index in [0.29, 0.717) is 15.1 Å². The van der Waals surface area contributed by atoms with E-state index in [0.717, 1.165) is 0 Å². The number of carbonyl (C=O) groups is 2. The first-order valence-corrected chi connectivity index (χ1v) is 6.65. The lowest BCUT2D eigenvalue weighted by Gasteiger charge is -2.16. The maximum absolute atomic E-state index is 11.8. The first kappa shape index (κ1) is 15.2. The Morgan fingerprint density at radius 2 is 1.94 bits per heavy atom. The molecule has 3 nitrogen and oxygen atoms in total. The summed E-state index contributed by atoms with van der Waals surface area (Å²) in [5.41, 5.74) is 0.0152. The Morgan fingerprint density at radius 3 is 2.44 bits per heavy atom. The molecule has 0 atom stereocenters. The van der Waals surface area contributed by atoms with E-state index in [2.05, 4.69) is 21.2 Å². The molecule has 0 aromatic heterocycles. The van der Waals surface area contributed by atoms with Gasteiger partial charge in [-0.15, -0.1) is 0 Å². The predicted octanol–water partition coefficient (Wildman–Crippen LogP) is 3.45. The summed E-state index contributed by atoms with van der Waals surface area (Å²) in [6.07, 6.45) is 0. The first-order chi connectivity index (χ1) is 8.21. The van der Waals surface area contributed by atoms with E-state index >= 15 is 0 Å². The Kier molecular flexibility index (Phi) is 4.93. The Labute approximate surface area is 120 Å². The van der Waals surface area contributed by atoms with Crippen molar-refractivity contribution in [2.45, 2.75) is 20.8 Å². The summed E-state index contributed by atoms with van der Waals surface area (Å²) in [4.78, 5) is 23.5. The van der Waals surface area contributed by atoms with Crippen molar-refractivity contribution >= 4 is 39.2 Å². The van der Waals surface area contributed by atoms with Gasteiger partial charge in [-0.25, -0.2) is 0 Å². The van der Waals surface area contributed by atoms with Crippen LogP contribution in [0, 0.1) is 5.41 Å². The third-order valence-corrected chi connectivity index (χ3v) is 3.64. The van der Waals surface area contributed by atoms with E-state index in [9.17, 15) is 9.59 Å². The van der Waals surface area contributed by atoms with Gasteiger partial charge in [0.05, 0.1) is 11.6 Å². The number of Topliss-reactive ketones (excluding diaryl/α,β-unsaturated/α-hetero) is 1. The van der Waals surface area contributed by atoms with E-state index in [-0.39, 0.29) is 18.2 Å². The minimum absolute atomic E-state index is 0.0103. The van der Waals surface area contributed by atoms with Gasteiger partial charge in [0.2, 0.25) is 0 Å². The molecule has 98 valence electrons. The van der Waals surface area contributed by atoms with E-state index in [1.54, 1.807) is 18.2 Å². The van der Waals surface area contributed by atoms with Crippen molar-refractivity contribution in [3.05, 3.63) is 33.3 Å². The predicted molar refractivity (Wildman–Crippen MR) is 75.9 cm³/mol. The number of carbonyl (C=O) groups excluding carboxylic acids is 2. The topological polar surface area (TPSA) is 46.2 Å². The molecule has 0 saturated carbocycles. The molecular weight excluding hydrogens is 318 g/mol. The molecule has 0 saturated heterocycles. The highest BCUT2D eigenvalue weighted by Crippen LogP contribution is 2.23. The Bertz CT molecular complexity index is 480. The van der Waals surface area contributed by atoms with Crippen LogP contribution in [0.15, 0.2) is 22.7 Å². The highest BCUT2D eigenvalue weighted by Gasteiger charge is 2.21. The molecule has 0 fully saturated rings. The number of nitrogens with one attached hydrogen (secondary N) is 1. The molecule has 0 heterocycles. The highest BCUT2D eigenvalue weighted by atomic mass is 79.9. The Balaban J connectivity index is 2.66. The van der Waals surface area contributed by atoms with Gasteiger partial charge < -0.3 is 5.32 Å². The Morgan fingerprint density at radius 1 is 1.33 bits per heavy atom. The summed E-state index contributed by atoms with van der Waals surface area (Å²) in [5, 5.41) is 3.14. The molecule has 0 aliphatic heterocycles. The van der Waals surface area contributed by atoms with Crippen LogP contribution < -0.4 is 5.32 Å². The van der Waals surface area contributed by atoms with Crippen molar-refractivity contribution in [3.63, 3.8) is 0 Å². The van der Waals surface area contributed by atoms with Crippen molar-refractivity contribution in [2.75, 3.05) is 6.54 Å². The zero-order valence-corrected chi connectivity index (χ0v) is 12.9. The van der Waals surface area contributed by atoms with Crippen LogP contribution in [0.3, 0.4) is 0 Å².